The van der Waals surface area contributed by atoms with E-state index in [2.05, 4.69) is 23.8 Å². The van der Waals surface area contributed by atoms with Crippen molar-refractivity contribution < 1.29 is 4.74 Å². The molecule has 0 fully saturated rings. The number of hydrogen-bond acceptors (Lipinski definition) is 4. The molecule has 0 radical (unpaired) electrons. The van der Waals surface area contributed by atoms with Crippen molar-refractivity contribution in [3.63, 3.8) is 0 Å². The zero-order chi connectivity index (χ0) is 13.2. The van der Waals surface area contributed by atoms with E-state index in [0.717, 1.165) is 15.8 Å². The fourth-order valence-corrected chi connectivity index (χ4v) is 2.97. The lowest BCUT2D eigenvalue weighted by atomic mass is 10.2. The maximum atomic E-state index is 5.86. The SMILES string of the molecule is Cc1sc2ncnc(OCc3ccccc3)c2c1C. The summed E-state index contributed by atoms with van der Waals surface area (Å²) in [6, 6.07) is 10.1. The number of nitrogens with zero attached hydrogens (tertiary/aromatic N) is 2. The Morgan fingerprint density at radius 1 is 1.11 bits per heavy atom. The normalized spacial score (nSPS) is 10.8. The van der Waals surface area contributed by atoms with Gasteiger partial charge in [0.15, 0.2) is 0 Å². The van der Waals surface area contributed by atoms with Gasteiger partial charge in [-0.3, -0.25) is 0 Å². The van der Waals surface area contributed by atoms with Crippen LogP contribution >= 0.6 is 11.3 Å². The summed E-state index contributed by atoms with van der Waals surface area (Å²) in [6.45, 7) is 4.72. The van der Waals surface area contributed by atoms with E-state index in [1.165, 1.54) is 10.4 Å². The summed E-state index contributed by atoms with van der Waals surface area (Å²) in [6.07, 6.45) is 1.57. The van der Waals surface area contributed by atoms with E-state index in [9.17, 15) is 0 Å². The van der Waals surface area contributed by atoms with Crippen LogP contribution in [0.1, 0.15) is 16.0 Å². The molecule has 0 spiro atoms. The Balaban J connectivity index is 1.93. The third-order valence-electron chi connectivity index (χ3n) is 3.15. The van der Waals surface area contributed by atoms with E-state index in [0.29, 0.717) is 12.5 Å². The predicted molar refractivity (Wildman–Crippen MR) is 77.7 cm³/mol. The molecule has 3 nitrogen and oxygen atoms in total. The van der Waals surface area contributed by atoms with Gasteiger partial charge in [0.2, 0.25) is 5.88 Å². The molecule has 96 valence electrons. The van der Waals surface area contributed by atoms with E-state index in [1.807, 2.05) is 30.3 Å². The largest absolute Gasteiger partial charge is 0.472 e. The highest BCUT2D eigenvalue weighted by Gasteiger charge is 2.12. The molecule has 19 heavy (non-hydrogen) atoms. The minimum absolute atomic E-state index is 0.529. The molecular formula is C15H14N2OS. The average molecular weight is 270 g/mol. The van der Waals surface area contributed by atoms with E-state index >= 15 is 0 Å². The molecule has 0 amide bonds. The first kappa shape index (κ1) is 12.1. The second kappa shape index (κ2) is 4.97. The summed E-state index contributed by atoms with van der Waals surface area (Å²) in [7, 11) is 0. The quantitative estimate of drug-likeness (QED) is 0.724. The summed E-state index contributed by atoms with van der Waals surface area (Å²) in [4.78, 5) is 10.8. The molecular weight excluding hydrogens is 256 g/mol. The van der Waals surface area contributed by atoms with Crippen molar-refractivity contribution in [2.24, 2.45) is 0 Å². The lowest BCUT2D eigenvalue weighted by Gasteiger charge is -2.06. The summed E-state index contributed by atoms with van der Waals surface area (Å²) in [5.74, 6) is 0.677. The highest BCUT2D eigenvalue weighted by molar-refractivity contribution is 7.18. The lowest BCUT2D eigenvalue weighted by Crippen LogP contribution is -1.98. The van der Waals surface area contributed by atoms with Crippen LogP contribution in [0.2, 0.25) is 0 Å². The zero-order valence-corrected chi connectivity index (χ0v) is 11.7. The van der Waals surface area contributed by atoms with Gasteiger partial charge >= 0.3 is 0 Å². The number of rotatable bonds is 3. The minimum atomic E-state index is 0.529. The summed E-state index contributed by atoms with van der Waals surface area (Å²) in [5.41, 5.74) is 2.35. The van der Waals surface area contributed by atoms with Crippen LogP contribution < -0.4 is 4.74 Å². The molecule has 0 aliphatic carbocycles. The second-order valence-corrected chi connectivity index (χ2v) is 5.62. The Kier molecular flexibility index (Phi) is 3.17. The molecule has 0 bridgehead atoms. The molecule has 0 unspecified atom stereocenters. The Morgan fingerprint density at radius 3 is 2.68 bits per heavy atom. The van der Waals surface area contributed by atoms with Crippen molar-refractivity contribution in [2.45, 2.75) is 20.5 Å². The topological polar surface area (TPSA) is 35.0 Å². The Hall–Kier alpha value is -1.94. The lowest BCUT2D eigenvalue weighted by molar-refractivity contribution is 0.297. The molecule has 2 aromatic heterocycles. The van der Waals surface area contributed by atoms with Crippen LogP contribution in [0, 0.1) is 13.8 Å². The number of hydrogen-bond donors (Lipinski definition) is 0. The van der Waals surface area contributed by atoms with Crippen molar-refractivity contribution in [1.82, 2.24) is 9.97 Å². The van der Waals surface area contributed by atoms with Crippen molar-refractivity contribution in [3.05, 3.63) is 52.7 Å². The van der Waals surface area contributed by atoms with Crippen molar-refractivity contribution in [2.75, 3.05) is 0 Å². The molecule has 0 saturated carbocycles. The van der Waals surface area contributed by atoms with Crippen LogP contribution in [0.25, 0.3) is 10.2 Å². The molecule has 0 aliphatic heterocycles. The standard InChI is InChI=1S/C15H14N2OS/c1-10-11(2)19-15-13(10)14(16-9-17-15)18-8-12-6-4-3-5-7-12/h3-7,9H,8H2,1-2H3. The van der Waals surface area contributed by atoms with Crippen molar-refractivity contribution in [1.29, 1.82) is 0 Å². The van der Waals surface area contributed by atoms with Gasteiger partial charge in [0.25, 0.3) is 0 Å². The van der Waals surface area contributed by atoms with Gasteiger partial charge in [0.05, 0.1) is 5.39 Å². The number of aromatic nitrogens is 2. The number of thiophene rings is 1. The third-order valence-corrected chi connectivity index (χ3v) is 4.26. The average Bonchev–Trinajstić information content (AvgIpc) is 2.74. The molecule has 0 atom stereocenters. The summed E-state index contributed by atoms with van der Waals surface area (Å²) in [5, 5.41) is 1.04. The molecule has 0 saturated heterocycles. The van der Waals surface area contributed by atoms with Gasteiger partial charge in [-0.2, -0.15) is 0 Å². The number of ether oxygens (including phenoxy) is 1. The van der Waals surface area contributed by atoms with Gasteiger partial charge in [-0.25, -0.2) is 9.97 Å². The molecule has 3 aromatic rings. The second-order valence-electron chi connectivity index (χ2n) is 4.42. The van der Waals surface area contributed by atoms with E-state index in [1.54, 1.807) is 17.7 Å². The first-order valence-electron chi connectivity index (χ1n) is 6.13. The van der Waals surface area contributed by atoms with Crippen LogP contribution in [0.15, 0.2) is 36.7 Å². The van der Waals surface area contributed by atoms with E-state index < -0.39 is 0 Å². The first-order valence-corrected chi connectivity index (χ1v) is 6.95. The van der Waals surface area contributed by atoms with Crippen LogP contribution in [-0.2, 0) is 6.61 Å². The monoisotopic (exact) mass is 270 g/mol. The van der Waals surface area contributed by atoms with E-state index in [-0.39, 0.29) is 0 Å². The van der Waals surface area contributed by atoms with Crippen LogP contribution in [-0.4, -0.2) is 9.97 Å². The van der Waals surface area contributed by atoms with Crippen molar-refractivity contribution in [3.8, 4) is 5.88 Å². The van der Waals surface area contributed by atoms with Gasteiger partial charge < -0.3 is 4.74 Å². The van der Waals surface area contributed by atoms with Gasteiger partial charge in [0, 0.05) is 4.88 Å². The fourth-order valence-electron chi connectivity index (χ4n) is 1.99. The molecule has 0 N–H and O–H groups in total. The van der Waals surface area contributed by atoms with Gasteiger partial charge in [-0.15, -0.1) is 11.3 Å². The minimum Gasteiger partial charge on any atom is -0.472 e. The molecule has 2 heterocycles. The highest BCUT2D eigenvalue weighted by Crippen LogP contribution is 2.33. The zero-order valence-electron chi connectivity index (χ0n) is 10.9. The Labute approximate surface area is 115 Å². The highest BCUT2D eigenvalue weighted by atomic mass is 32.1. The maximum Gasteiger partial charge on any atom is 0.225 e. The van der Waals surface area contributed by atoms with Crippen LogP contribution in [0.4, 0.5) is 0 Å². The molecule has 3 rings (SSSR count). The Morgan fingerprint density at radius 2 is 1.89 bits per heavy atom. The number of aryl methyl sites for hydroxylation is 2. The third kappa shape index (κ3) is 2.31. The Bertz CT molecular complexity index is 707. The predicted octanol–water partition coefficient (Wildman–Crippen LogP) is 3.89. The fraction of sp³-hybridized carbons (Fsp3) is 0.200. The van der Waals surface area contributed by atoms with Gasteiger partial charge in [-0.1, -0.05) is 30.3 Å². The number of benzene rings is 1. The van der Waals surface area contributed by atoms with Gasteiger partial charge in [0.1, 0.15) is 17.8 Å². The molecule has 0 aliphatic rings. The first-order chi connectivity index (χ1) is 9.25. The van der Waals surface area contributed by atoms with Crippen molar-refractivity contribution >= 4 is 21.6 Å². The maximum absolute atomic E-state index is 5.86. The number of fused-ring (bicyclic) bond motifs is 1. The summed E-state index contributed by atoms with van der Waals surface area (Å²) >= 11 is 1.68. The van der Waals surface area contributed by atoms with E-state index in [4.69, 9.17) is 4.74 Å². The van der Waals surface area contributed by atoms with Gasteiger partial charge in [-0.05, 0) is 25.0 Å². The van der Waals surface area contributed by atoms with Crippen LogP contribution in [0.5, 0.6) is 5.88 Å². The molecule has 1 aromatic carbocycles. The van der Waals surface area contributed by atoms with Crippen LogP contribution in [0.3, 0.4) is 0 Å². The molecule has 4 heteroatoms. The summed E-state index contributed by atoms with van der Waals surface area (Å²) < 4.78 is 5.86. The smallest absolute Gasteiger partial charge is 0.225 e.